The summed E-state index contributed by atoms with van der Waals surface area (Å²) in [6, 6.07) is 18.0. The lowest BCUT2D eigenvalue weighted by molar-refractivity contribution is 0.498. The highest BCUT2D eigenvalue weighted by Crippen LogP contribution is 2.23. The number of benzene rings is 2. The fraction of sp³-hybridized carbons (Fsp3) is 0.200. The van der Waals surface area contributed by atoms with Crippen molar-refractivity contribution in [3.05, 3.63) is 71.9 Å². The van der Waals surface area contributed by atoms with E-state index in [1.54, 1.807) is 6.07 Å². The number of allylic oxidation sites excluding steroid dienone is 1. The number of nitrogens with zero attached hydrogens (tertiary/aromatic N) is 3. The van der Waals surface area contributed by atoms with E-state index in [9.17, 15) is 5.26 Å². The summed E-state index contributed by atoms with van der Waals surface area (Å²) in [5, 5.41) is 12.4. The van der Waals surface area contributed by atoms with Crippen molar-refractivity contribution >= 4 is 17.2 Å². The number of nitrogens with one attached hydrogen (secondary N) is 1. The quantitative estimate of drug-likeness (QED) is 0.643. The predicted molar refractivity (Wildman–Crippen MR) is 100 cm³/mol. The summed E-state index contributed by atoms with van der Waals surface area (Å²) in [6.07, 6.45) is 0. The van der Waals surface area contributed by atoms with Gasteiger partial charge in [0.15, 0.2) is 0 Å². The van der Waals surface area contributed by atoms with E-state index in [0.29, 0.717) is 5.56 Å². The molecule has 24 heavy (non-hydrogen) atoms. The number of aliphatic imine (C=N–C) groups is 1. The van der Waals surface area contributed by atoms with Crippen LogP contribution in [0.15, 0.2) is 65.8 Å². The molecule has 0 heterocycles. The van der Waals surface area contributed by atoms with E-state index in [0.717, 1.165) is 29.5 Å². The summed E-state index contributed by atoms with van der Waals surface area (Å²) in [4.78, 5) is 6.71. The van der Waals surface area contributed by atoms with Gasteiger partial charge in [-0.1, -0.05) is 36.9 Å². The molecule has 2 aromatic carbocycles. The Morgan fingerprint density at radius 2 is 1.92 bits per heavy atom. The largest absolute Gasteiger partial charge is 0.359 e. The zero-order valence-electron chi connectivity index (χ0n) is 14.4. The van der Waals surface area contributed by atoms with Crippen molar-refractivity contribution in [3.8, 4) is 6.07 Å². The standard InChI is InChI=1S/C20H22N4/c1-15(2)22-20-11-10-19(12-18(20)13-21)23-16(3)24(4)14-17-8-6-5-7-9-17/h5-12,22H,1,14H2,2-4H3. The van der Waals surface area contributed by atoms with Crippen LogP contribution in [0.3, 0.4) is 0 Å². The maximum Gasteiger partial charge on any atom is 0.102 e. The van der Waals surface area contributed by atoms with Gasteiger partial charge in [-0.05, 0) is 37.6 Å². The molecule has 4 nitrogen and oxygen atoms in total. The second kappa shape index (κ2) is 7.98. The zero-order chi connectivity index (χ0) is 17.5. The first-order valence-corrected chi connectivity index (χ1v) is 7.76. The number of hydrogen-bond donors (Lipinski definition) is 1. The summed E-state index contributed by atoms with van der Waals surface area (Å²) in [5.41, 5.74) is 4.09. The van der Waals surface area contributed by atoms with Gasteiger partial charge < -0.3 is 10.2 Å². The summed E-state index contributed by atoms with van der Waals surface area (Å²) >= 11 is 0. The molecule has 0 saturated heterocycles. The van der Waals surface area contributed by atoms with E-state index in [2.05, 4.69) is 40.0 Å². The van der Waals surface area contributed by atoms with Gasteiger partial charge in [0, 0.05) is 19.3 Å². The van der Waals surface area contributed by atoms with Crippen molar-refractivity contribution in [1.29, 1.82) is 5.26 Å². The third-order valence-electron chi connectivity index (χ3n) is 3.58. The van der Waals surface area contributed by atoms with Crippen molar-refractivity contribution in [2.75, 3.05) is 12.4 Å². The van der Waals surface area contributed by atoms with Crippen LogP contribution in [0, 0.1) is 11.3 Å². The molecule has 0 spiro atoms. The molecule has 0 aromatic heterocycles. The third-order valence-corrected chi connectivity index (χ3v) is 3.58. The van der Waals surface area contributed by atoms with E-state index in [4.69, 9.17) is 0 Å². The maximum atomic E-state index is 9.32. The van der Waals surface area contributed by atoms with Gasteiger partial charge in [-0.25, -0.2) is 4.99 Å². The molecule has 0 radical (unpaired) electrons. The molecule has 2 rings (SSSR count). The summed E-state index contributed by atoms with van der Waals surface area (Å²) in [7, 11) is 2.01. The topological polar surface area (TPSA) is 51.4 Å². The Morgan fingerprint density at radius 3 is 2.54 bits per heavy atom. The number of rotatable bonds is 5. The predicted octanol–water partition coefficient (Wildman–Crippen LogP) is 4.69. The van der Waals surface area contributed by atoms with Gasteiger partial charge in [-0.3, -0.25) is 0 Å². The second-order valence-corrected chi connectivity index (χ2v) is 5.75. The Morgan fingerprint density at radius 1 is 1.21 bits per heavy atom. The van der Waals surface area contributed by atoms with Crippen LogP contribution < -0.4 is 5.32 Å². The smallest absolute Gasteiger partial charge is 0.102 e. The van der Waals surface area contributed by atoms with Crippen molar-refractivity contribution < 1.29 is 0 Å². The molecule has 0 aliphatic rings. The van der Waals surface area contributed by atoms with E-state index in [1.807, 2.05) is 51.2 Å². The zero-order valence-corrected chi connectivity index (χ0v) is 14.4. The molecule has 0 saturated carbocycles. The van der Waals surface area contributed by atoms with Gasteiger partial charge >= 0.3 is 0 Å². The Bertz CT molecular complexity index is 785. The molecule has 0 unspecified atom stereocenters. The first-order valence-electron chi connectivity index (χ1n) is 7.76. The molecule has 0 aliphatic carbocycles. The van der Waals surface area contributed by atoms with Crippen LogP contribution in [-0.2, 0) is 6.54 Å². The van der Waals surface area contributed by atoms with Gasteiger partial charge in [0.05, 0.1) is 16.9 Å². The van der Waals surface area contributed by atoms with E-state index in [1.165, 1.54) is 5.56 Å². The van der Waals surface area contributed by atoms with Gasteiger partial charge in [-0.15, -0.1) is 0 Å². The summed E-state index contributed by atoms with van der Waals surface area (Å²) in [6.45, 7) is 8.42. The normalized spacial score (nSPS) is 10.8. The number of hydrogen-bond acceptors (Lipinski definition) is 3. The third kappa shape index (κ3) is 4.72. The highest BCUT2D eigenvalue weighted by Gasteiger charge is 2.06. The van der Waals surface area contributed by atoms with E-state index < -0.39 is 0 Å². The molecule has 1 N–H and O–H groups in total. The second-order valence-electron chi connectivity index (χ2n) is 5.75. The SMILES string of the molecule is C=C(C)Nc1ccc(N=C(C)N(C)Cc2ccccc2)cc1C#N. The Balaban J connectivity index is 2.17. The molecule has 122 valence electrons. The molecule has 2 aromatic rings. The van der Waals surface area contributed by atoms with Crippen molar-refractivity contribution in [3.63, 3.8) is 0 Å². The number of nitriles is 1. The Kier molecular flexibility index (Phi) is 5.75. The first-order chi connectivity index (χ1) is 11.5. The van der Waals surface area contributed by atoms with Crippen molar-refractivity contribution in [2.24, 2.45) is 4.99 Å². The molecule has 0 aliphatic heterocycles. The minimum atomic E-state index is 0.553. The number of amidine groups is 1. The highest BCUT2D eigenvalue weighted by atomic mass is 15.2. The summed E-state index contributed by atoms with van der Waals surface area (Å²) in [5.74, 6) is 0.892. The minimum Gasteiger partial charge on any atom is -0.359 e. The molecule has 0 fully saturated rings. The van der Waals surface area contributed by atoms with Crippen LogP contribution in [-0.4, -0.2) is 17.8 Å². The van der Waals surface area contributed by atoms with Gasteiger partial charge in [0.2, 0.25) is 0 Å². The lowest BCUT2D eigenvalue weighted by Gasteiger charge is -2.19. The van der Waals surface area contributed by atoms with E-state index in [-0.39, 0.29) is 0 Å². The van der Waals surface area contributed by atoms with Gasteiger partial charge in [0.1, 0.15) is 11.9 Å². The van der Waals surface area contributed by atoms with Crippen molar-refractivity contribution in [1.82, 2.24) is 4.90 Å². The lowest BCUT2D eigenvalue weighted by Crippen LogP contribution is -2.23. The van der Waals surface area contributed by atoms with Crippen LogP contribution in [0.5, 0.6) is 0 Å². The molecular weight excluding hydrogens is 296 g/mol. The fourth-order valence-electron chi connectivity index (χ4n) is 2.28. The first kappa shape index (κ1) is 17.3. The molecular formula is C20H22N4. The van der Waals surface area contributed by atoms with Crippen LogP contribution in [0.4, 0.5) is 11.4 Å². The minimum absolute atomic E-state index is 0.553. The van der Waals surface area contributed by atoms with Crippen LogP contribution in [0.25, 0.3) is 0 Å². The average Bonchev–Trinajstić information content (AvgIpc) is 2.56. The van der Waals surface area contributed by atoms with Crippen LogP contribution in [0.1, 0.15) is 25.0 Å². The van der Waals surface area contributed by atoms with E-state index >= 15 is 0 Å². The molecule has 0 amide bonds. The monoisotopic (exact) mass is 318 g/mol. The van der Waals surface area contributed by atoms with Crippen molar-refractivity contribution in [2.45, 2.75) is 20.4 Å². The summed E-state index contributed by atoms with van der Waals surface area (Å²) < 4.78 is 0. The lowest BCUT2D eigenvalue weighted by atomic mass is 10.1. The molecule has 0 bridgehead atoms. The fourth-order valence-corrected chi connectivity index (χ4v) is 2.28. The van der Waals surface area contributed by atoms with Crippen LogP contribution in [0.2, 0.25) is 0 Å². The average molecular weight is 318 g/mol. The highest BCUT2D eigenvalue weighted by molar-refractivity contribution is 5.82. The Hall–Kier alpha value is -3.06. The van der Waals surface area contributed by atoms with Crippen LogP contribution >= 0.6 is 0 Å². The number of anilines is 1. The molecule has 4 heteroatoms. The van der Waals surface area contributed by atoms with Gasteiger partial charge in [-0.2, -0.15) is 5.26 Å². The van der Waals surface area contributed by atoms with Gasteiger partial charge in [0.25, 0.3) is 0 Å². The maximum absolute atomic E-state index is 9.32. The Labute approximate surface area is 143 Å². The molecule has 0 atom stereocenters.